The lowest BCUT2D eigenvalue weighted by molar-refractivity contribution is 1.07. The molecule has 0 N–H and O–H groups in total. The van der Waals surface area contributed by atoms with E-state index in [1.54, 1.807) is 0 Å². The van der Waals surface area contributed by atoms with E-state index >= 15 is 0 Å². The molecule has 0 aliphatic carbocycles. The van der Waals surface area contributed by atoms with E-state index in [2.05, 4.69) is 218 Å². The molecule has 11 aromatic carbocycles. The van der Waals surface area contributed by atoms with Crippen molar-refractivity contribution < 1.29 is 0 Å². The summed E-state index contributed by atoms with van der Waals surface area (Å²) in [6, 6.07) is 84.2. The summed E-state index contributed by atoms with van der Waals surface area (Å²) in [5.41, 5.74) is 12.4. The average molecular weight is 814 g/mol. The van der Waals surface area contributed by atoms with Gasteiger partial charge in [-0.25, -0.2) is 15.0 Å². The lowest BCUT2D eigenvalue weighted by Gasteiger charge is -2.18. The molecule has 0 aliphatic heterocycles. The predicted molar refractivity (Wildman–Crippen MR) is 268 cm³/mol. The van der Waals surface area contributed by atoms with Crippen molar-refractivity contribution in [2.45, 2.75) is 0 Å². The third-order valence-corrected chi connectivity index (χ3v) is 12.5. The molecule has 0 radical (unpaired) electrons. The lowest BCUT2D eigenvalue weighted by Crippen LogP contribution is -2.00. The topological polar surface area (TPSA) is 38.7 Å². The van der Waals surface area contributed by atoms with Crippen LogP contribution in [0.1, 0.15) is 0 Å². The maximum Gasteiger partial charge on any atom is 0.164 e. The van der Waals surface area contributed by atoms with E-state index in [0.29, 0.717) is 17.5 Å². The van der Waals surface area contributed by atoms with Gasteiger partial charge in [-0.3, -0.25) is 0 Å². The number of nitrogens with zero attached hydrogens (tertiary/aromatic N) is 3. The summed E-state index contributed by atoms with van der Waals surface area (Å²) in [6.45, 7) is 0. The molecule has 64 heavy (non-hydrogen) atoms. The highest BCUT2D eigenvalue weighted by atomic mass is 15.0. The molecule has 12 aromatic rings. The number of hydrogen-bond donors (Lipinski definition) is 0. The molecule has 3 nitrogen and oxygen atoms in total. The van der Waals surface area contributed by atoms with Gasteiger partial charge in [0.2, 0.25) is 0 Å². The highest BCUT2D eigenvalue weighted by Crippen LogP contribution is 2.45. The second-order valence-electron chi connectivity index (χ2n) is 16.2. The fourth-order valence-electron chi connectivity index (χ4n) is 9.63. The number of benzene rings is 11. The van der Waals surface area contributed by atoms with Gasteiger partial charge in [0.05, 0.1) is 0 Å². The van der Waals surface area contributed by atoms with Crippen LogP contribution in [0.4, 0.5) is 0 Å². The van der Waals surface area contributed by atoms with Crippen LogP contribution in [0.15, 0.2) is 237 Å². The van der Waals surface area contributed by atoms with Gasteiger partial charge in [-0.05, 0) is 87.6 Å². The molecule has 0 unspecified atom stereocenters. The first kappa shape index (κ1) is 37.2. The van der Waals surface area contributed by atoms with Crippen molar-refractivity contribution in [3.8, 4) is 78.7 Å². The van der Waals surface area contributed by atoms with Crippen molar-refractivity contribution in [3.63, 3.8) is 0 Å². The Hall–Kier alpha value is -8.53. The van der Waals surface area contributed by atoms with Gasteiger partial charge in [0, 0.05) is 16.7 Å². The molecule has 298 valence electrons. The zero-order valence-electron chi connectivity index (χ0n) is 34.9. The SMILES string of the molecule is c1ccc(-c2nc(-c3ccc(-c4c5ccccc5c(-c5ccccc5)c5ccccc45)cc3)nc(-c3ccc(-c4c5ccccc5c(-c5ccccc5)c5ccccc45)cc3)n2)cc1. The van der Waals surface area contributed by atoms with Crippen LogP contribution in [0, 0.1) is 0 Å². The van der Waals surface area contributed by atoms with Crippen LogP contribution in [0.5, 0.6) is 0 Å². The number of fused-ring (bicyclic) bond motifs is 4. The van der Waals surface area contributed by atoms with Crippen LogP contribution in [0.2, 0.25) is 0 Å². The second-order valence-corrected chi connectivity index (χ2v) is 16.2. The van der Waals surface area contributed by atoms with E-state index in [1.807, 2.05) is 18.2 Å². The summed E-state index contributed by atoms with van der Waals surface area (Å²) in [5, 5.41) is 9.82. The first-order chi connectivity index (χ1) is 31.8. The van der Waals surface area contributed by atoms with Gasteiger partial charge in [-0.15, -0.1) is 0 Å². The molecule has 0 aliphatic rings. The highest BCUT2D eigenvalue weighted by Gasteiger charge is 2.19. The van der Waals surface area contributed by atoms with E-state index in [0.717, 1.165) is 27.8 Å². The number of rotatable bonds is 7. The molecule has 0 amide bonds. The van der Waals surface area contributed by atoms with E-state index < -0.39 is 0 Å². The minimum Gasteiger partial charge on any atom is -0.208 e. The molecule has 0 spiro atoms. The number of aromatic nitrogens is 3. The summed E-state index contributed by atoms with van der Waals surface area (Å²) in [7, 11) is 0. The molecular formula is C61H39N3. The van der Waals surface area contributed by atoms with Crippen molar-refractivity contribution in [2.24, 2.45) is 0 Å². The minimum atomic E-state index is 0.627. The molecule has 12 rings (SSSR count). The minimum absolute atomic E-state index is 0.627. The van der Waals surface area contributed by atoms with Crippen molar-refractivity contribution in [3.05, 3.63) is 237 Å². The largest absolute Gasteiger partial charge is 0.208 e. The van der Waals surface area contributed by atoms with Gasteiger partial charge in [-0.2, -0.15) is 0 Å². The van der Waals surface area contributed by atoms with Crippen molar-refractivity contribution >= 4 is 43.1 Å². The smallest absolute Gasteiger partial charge is 0.164 e. The van der Waals surface area contributed by atoms with Crippen LogP contribution in [0.3, 0.4) is 0 Å². The zero-order valence-corrected chi connectivity index (χ0v) is 34.9. The van der Waals surface area contributed by atoms with Crippen molar-refractivity contribution in [1.82, 2.24) is 15.0 Å². The van der Waals surface area contributed by atoms with E-state index in [-0.39, 0.29) is 0 Å². The van der Waals surface area contributed by atoms with Crippen molar-refractivity contribution in [1.29, 1.82) is 0 Å². The predicted octanol–water partition coefficient (Wildman–Crippen LogP) is 16.2. The lowest BCUT2D eigenvalue weighted by atomic mass is 9.86. The molecule has 0 saturated heterocycles. The Balaban J connectivity index is 0.968. The normalized spacial score (nSPS) is 11.4. The first-order valence-electron chi connectivity index (χ1n) is 21.8. The number of hydrogen-bond acceptors (Lipinski definition) is 3. The van der Waals surface area contributed by atoms with Crippen LogP contribution in [0.25, 0.3) is 122 Å². The molecule has 1 heterocycles. The fraction of sp³-hybridized carbons (Fsp3) is 0. The maximum atomic E-state index is 5.17. The van der Waals surface area contributed by atoms with Gasteiger partial charge < -0.3 is 0 Å². The molecule has 0 bridgehead atoms. The quantitative estimate of drug-likeness (QED) is 0.150. The van der Waals surface area contributed by atoms with Gasteiger partial charge in [-0.1, -0.05) is 237 Å². The Bertz CT molecular complexity index is 3340. The Labute approximate surface area is 371 Å². The third-order valence-electron chi connectivity index (χ3n) is 12.5. The monoisotopic (exact) mass is 813 g/mol. The average Bonchev–Trinajstić information content (AvgIpc) is 3.38. The summed E-state index contributed by atoms with van der Waals surface area (Å²) in [4.78, 5) is 15.4. The van der Waals surface area contributed by atoms with E-state index in [1.165, 1.54) is 76.5 Å². The van der Waals surface area contributed by atoms with Crippen LogP contribution >= 0.6 is 0 Å². The van der Waals surface area contributed by atoms with Gasteiger partial charge in [0.15, 0.2) is 17.5 Å². The third kappa shape index (κ3) is 6.42. The standard InChI is InChI=1S/C61H39N3/c1-4-18-40(19-5-1)55-47-24-10-14-28-51(47)57(52-29-15-11-25-48(52)55)42-32-36-45(37-33-42)60-62-59(44-22-8-3-9-23-44)63-61(64-60)46-38-34-43(35-39-46)58-53-30-16-12-26-49(53)56(41-20-6-2-7-21-41)50-27-13-17-31-54(50)58/h1-39H. The molecular weight excluding hydrogens is 775 g/mol. The molecule has 0 atom stereocenters. The second kappa shape index (κ2) is 15.7. The van der Waals surface area contributed by atoms with Crippen LogP contribution < -0.4 is 0 Å². The first-order valence-corrected chi connectivity index (χ1v) is 21.8. The summed E-state index contributed by atoms with van der Waals surface area (Å²) < 4.78 is 0. The van der Waals surface area contributed by atoms with Gasteiger partial charge in [0.25, 0.3) is 0 Å². The molecule has 3 heteroatoms. The fourth-order valence-corrected chi connectivity index (χ4v) is 9.63. The summed E-state index contributed by atoms with van der Waals surface area (Å²) >= 11 is 0. The van der Waals surface area contributed by atoms with Crippen LogP contribution in [-0.4, -0.2) is 15.0 Å². The maximum absolute atomic E-state index is 5.17. The molecule has 1 aromatic heterocycles. The van der Waals surface area contributed by atoms with Gasteiger partial charge >= 0.3 is 0 Å². The Morgan fingerprint density at radius 3 is 0.578 bits per heavy atom. The van der Waals surface area contributed by atoms with Crippen molar-refractivity contribution in [2.75, 3.05) is 0 Å². The summed E-state index contributed by atoms with van der Waals surface area (Å²) in [5.74, 6) is 1.89. The molecule has 0 fully saturated rings. The highest BCUT2D eigenvalue weighted by molar-refractivity contribution is 6.22. The Kier molecular flexibility index (Phi) is 9.16. The summed E-state index contributed by atoms with van der Waals surface area (Å²) in [6.07, 6.45) is 0. The van der Waals surface area contributed by atoms with E-state index in [4.69, 9.17) is 15.0 Å². The zero-order chi connectivity index (χ0) is 42.4. The van der Waals surface area contributed by atoms with E-state index in [9.17, 15) is 0 Å². The molecule has 0 saturated carbocycles. The van der Waals surface area contributed by atoms with Gasteiger partial charge in [0.1, 0.15) is 0 Å². The Morgan fingerprint density at radius 1 is 0.156 bits per heavy atom. The van der Waals surface area contributed by atoms with Crippen LogP contribution in [-0.2, 0) is 0 Å². The Morgan fingerprint density at radius 2 is 0.328 bits per heavy atom.